The molecule has 0 heterocycles. The van der Waals surface area contributed by atoms with Gasteiger partial charge in [-0.15, -0.1) is 0 Å². The fourth-order valence-corrected chi connectivity index (χ4v) is 0. The zero-order chi connectivity index (χ0) is 8.12. The molecule has 0 fully saturated rings. The molecule has 0 radical (unpaired) electrons. The Morgan fingerprint density at radius 1 is 1.11 bits per heavy atom. The van der Waals surface area contributed by atoms with Crippen molar-refractivity contribution in [3.63, 3.8) is 0 Å². The van der Waals surface area contributed by atoms with Gasteiger partial charge in [0, 0.05) is 0 Å². The second kappa shape index (κ2) is 34.7. The normalized spacial score (nSPS) is 5.56. The van der Waals surface area contributed by atoms with E-state index in [1.165, 1.54) is 0 Å². The van der Waals surface area contributed by atoms with E-state index in [1.807, 2.05) is 13.8 Å². The molecule has 0 rings (SSSR count). The summed E-state index contributed by atoms with van der Waals surface area (Å²) in [6.07, 6.45) is 2.00. The fraction of sp³-hybridized carbons (Fsp3) is 0.667. The average molecular weight is 205 g/mol. The van der Waals surface area contributed by atoms with Gasteiger partial charge in [0.25, 0.3) is 0 Å². The summed E-state index contributed by atoms with van der Waals surface area (Å²) in [6.45, 7) is 11.0. The van der Waals surface area contributed by atoms with E-state index < -0.39 is 17.0 Å². The summed E-state index contributed by atoms with van der Waals surface area (Å²) >= 11 is -0.556. The van der Waals surface area contributed by atoms with Crippen molar-refractivity contribution in [1.29, 1.82) is 0 Å². The molecule has 9 heavy (non-hydrogen) atoms. The molecule has 0 saturated heterocycles. The van der Waals surface area contributed by atoms with Crippen molar-refractivity contribution in [3.8, 4) is 0 Å². The molecule has 3 heteroatoms. The third kappa shape index (κ3) is 295. The van der Waals surface area contributed by atoms with Crippen LogP contribution in [0.15, 0.2) is 0 Å². The van der Waals surface area contributed by atoms with Crippen LogP contribution in [-0.4, -0.2) is 0 Å². The Kier molecular flexibility index (Phi) is 64.4. The molecule has 0 aromatic rings. The Balaban J connectivity index is -0.0000000600. The molecular formula is C6H14Cl2Ti-2. The SMILES string of the molecule is [CH2-]CC.[CH2-]CC.[Cl][Ti][Cl]. The number of halogens is 2. The minimum absolute atomic E-state index is 0.556. The van der Waals surface area contributed by atoms with Gasteiger partial charge < -0.3 is 13.8 Å². The van der Waals surface area contributed by atoms with Gasteiger partial charge in [0.05, 0.1) is 0 Å². The summed E-state index contributed by atoms with van der Waals surface area (Å²) in [5, 5.41) is 0. The molecule has 0 aliphatic rings. The Morgan fingerprint density at radius 2 is 1.11 bits per heavy atom. The molecule has 0 aromatic heterocycles. The Morgan fingerprint density at radius 3 is 1.11 bits per heavy atom. The monoisotopic (exact) mass is 204 g/mol. The van der Waals surface area contributed by atoms with Crippen LogP contribution in [0.4, 0.5) is 0 Å². The van der Waals surface area contributed by atoms with E-state index in [9.17, 15) is 0 Å². The van der Waals surface area contributed by atoms with E-state index >= 15 is 0 Å². The van der Waals surface area contributed by atoms with E-state index in [1.54, 1.807) is 0 Å². The molecule has 0 aliphatic heterocycles. The summed E-state index contributed by atoms with van der Waals surface area (Å²) in [4.78, 5) is 0. The van der Waals surface area contributed by atoms with Crippen molar-refractivity contribution in [3.05, 3.63) is 13.8 Å². The molecule has 0 nitrogen and oxygen atoms in total. The molecule has 0 N–H and O–H groups in total. The first-order valence-corrected chi connectivity index (χ1v) is 7.09. The van der Waals surface area contributed by atoms with Crippen molar-refractivity contribution in [2.45, 2.75) is 26.7 Å². The summed E-state index contributed by atoms with van der Waals surface area (Å²) in [5.74, 6) is 0. The standard InChI is InChI=1S/2C3H7.2ClH.Ti/c2*1-3-2;;;/h2*1,3H2,2H3;2*1H;/q2*-1;;;+2/p-2. The van der Waals surface area contributed by atoms with Crippen molar-refractivity contribution in [1.82, 2.24) is 0 Å². The Labute approximate surface area is 76.0 Å². The average Bonchev–Trinajstić information content (AvgIpc) is 1.70. The predicted octanol–water partition coefficient (Wildman–Crippen LogP) is 3.84. The summed E-state index contributed by atoms with van der Waals surface area (Å²) in [7, 11) is 9.78. The number of rotatable bonds is 0. The van der Waals surface area contributed by atoms with Crippen LogP contribution in [0.1, 0.15) is 26.7 Å². The van der Waals surface area contributed by atoms with Crippen molar-refractivity contribution >= 4 is 18.6 Å². The van der Waals surface area contributed by atoms with Crippen LogP contribution in [0.3, 0.4) is 0 Å². The molecule has 0 spiro atoms. The van der Waals surface area contributed by atoms with Crippen LogP contribution in [0.5, 0.6) is 0 Å². The van der Waals surface area contributed by atoms with Crippen molar-refractivity contribution in [2.24, 2.45) is 0 Å². The van der Waals surface area contributed by atoms with Gasteiger partial charge in [0.15, 0.2) is 0 Å². The topological polar surface area (TPSA) is 0 Å². The molecule has 0 aromatic carbocycles. The van der Waals surface area contributed by atoms with Crippen LogP contribution < -0.4 is 0 Å². The summed E-state index contributed by atoms with van der Waals surface area (Å²) < 4.78 is 0. The third-order valence-corrected chi connectivity index (χ3v) is 0. The number of hydrogen-bond donors (Lipinski definition) is 0. The molecule has 58 valence electrons. The first kappa shape index (κ1) is 16.7. The Hall–Kier alpha value is 1.29. The molecule has 0 saturated carbocycles. The van der Waals surface area contributed by atoms with Crippen LogP contribution >= 0.6 is 18.6 Å². The zero-order valence-corrected chi connectivity index (χ0v) is 9.16. The van der Waals surface area contributed by atoms with Gasteiger partial charge in [0.1, 0.15) is 0 Å². The molecule has 0 atom stereocenters. The molecular weight excluding hydrogens is 191 g/mol. The minimum atomic E-state index is -0.556. The van der Waals surface area contributed by atoms with Gasteiger partial charge in [-0.1, -0.05) is 13.8 Å². The van der Waals surface area contributed by atoms with Gasteiger partial charge in [-0.2, -0.15) is 12.8 Å². The quantitative estimate of drug-likeness (QED) is 0.416. The van der Waals surface area contributed by atoms with Gasteiger partial charge in [-0.3, -0.25) is 0 Å². The molecule has 0 unspecified atom stereocenters. The predicted molar refractivity (Wildman–Crippen MR) is 43.0 cm³/mol. The van der Waals surface area contributed by atoms with E-state index in [0.717, 1.165) is 12.8 Å². The summed E-state index contributed by atoms with van der Waals surface area (Å²) in [6, 6.07) is 0. The van der Waals surface area contributed by atoms with Crippen LogP contribution in [0.2, 0.25) is 0 Å². The van der Waals surface area contributed by atoms with E-state index in [-0.39, 0.29) is 0 Å². The zero-order valence-electron chi connectivity index (χ0n) is 6.08. The molecule has 0 aliphatic carbocycles. The van der Waals surface area contributed by atoms with E-state index in [4.69, 9.17) is 18.6 Å². The molecule has 0 amide bonds. The second-order valence-electron chi connectivity index (χ2n) is 1.07. The van der Waals surface area contributed by atoms with E-state index in [2.05, 4.69) is 13.8 Å². The van der Waals surface area contributed by atoms with Crippen LogP contribution in [0.25, 0.3) is 0 Å². The van der Waals surface area contributed by atoms with Crippen molar-refractivity contribution < 1.29 is 17.0 Å². The third-order valence-electron chi connectivity index (χ3n) is 0. The molecule has 0 bridgehead atoms. The van der Waals surface area contributed by atoms with Crippen molar-refractivity contribution in [2.75, 3.05) is 0 Å². The second-order valence-corrected chi connectivity index (χ2v) is 3.65. The first-order valence-electron chi connectivity index (χ1n) is 2.79. The number of hydrogen-bond acceptors (Lipinski definition) is 0. The van der Waals surface area contributed by atoms with Crippen LogP contribution in [0, 0.1) is 13.8 Å². The maximum absolute atomic E-state index is 4.89. The van der Waals surface area contributed by atoms with Gasteiger partial charge in [-0.25, -0.2) is 0 Å². The Bertz CT molecular complexity index is 15.8. The van der Waals surface area contributed by atoms with Crippen LogP contribution in [-0.2, 0) is 17.0 Å². The fourth-order valence-electron chi connectivity index (χ4n) is 0. The van der Waals surface area contributed by atoms with E-state index in [0.29, 0.717) is 0 Å². The summed E-state index contributed by atoms with van der Waals surface area (Å²) in [5.41, 5.74) is 0. The van der Waals surface area contributed by atoms with Gasteiger partial charge in [0.2, 0.25) is 0 Å². The van der Waals surface area contributed by atoms with Gasteiger partial charge in [-0.05, 0) is 0 Å². The van der Waals surface area contributed by atoms with Gasteiger partial charge >= 0.3 is 35.6 Å². The first-order chi connectivity index (χ1) is 4.24. The maximum atomic E-state index is 4.89.